The van der Waals surface area contributed by atoms with Crippen molar-refractivity contribution < 1.29 is 0 Å². The summed E-state index contributed by atoms with van der Waals surface area (Å²) in [6, 6.07) is 0. The van der Waals surface area contributed by atoms with Gasteiger partial charge in [-0.3, -0.25) is 0 Å². The zero-order chi connectivity index (χ0) is 6.57. The van der Waals surface area contributed by atoms with E-state index in [9.17, 15) is 0 Å². The Labute approximate surface area is 51.2 Å². The summed E-state index contributed by atoms with van der Waals surface area (Å²) < 4.78 is 0. The molecular weight excluding hydrogens is 96.1 g/mol. The van der Waals surface area contributed by atoms with Crippen LogP contribution < -0.4 is 0 Å². The lowest BCUT2D eigenvalue weighted by molar-refractivity contribution is 0.870. The van der Waals surface area contributed by atoms with Crippen LogP contribution in [0.1, 0.15) is 13.8 Å². The van der Waals surface area contributed by atoms with Gasteiger partial charge >= 0.3 is 0 Å². The van der Waals surface area contributed by atoms with Crippen molar-refractivity contribution in [2.75, 3.05) is 0 Å². The summed E-state index contributed by atoms with van der Waals surface area (Å²) in [6.07, 6.45) is 1.91. The lowest BCUT2D eigenvalue weighted by atomic mass is 10.1. The van der Waals surface area contributed by atoms with Crippen LogP contribution in [0.15, 0.2) is 30.5 Å². The fourth-order valence-corrected chi connectivity index (χ4v) is 0.319. The molecule has 0 aromatic carbocycles. The van der Waals surface area contributed by atoms with Gasteiger partial charge in [0.25, 0.3) is 0 Å². The van der Waals surface area contributed by atoms with Crippen LogP contribution in [0.4, 0.5) is 0 Å². The van der Waals surface area contributed by atoms with E-state index in [0.29, 0.717) is 5.92 Å². The van der Waals surface area contributed by atoms with Gasteiger partial charge in [0.15, 0.2) is 0 Å². The van der Waals surface area contributed by atoms with Crippen LogP contribution in [0.2, 0.25) is 0 Å². The van der Waals surface area contributed by atoms with Crippen molar-refractivity contribution in [3.63, 3.8) is 0 Å². The van der Waals surface area contributed by atoms with Crippen molar-refractivity contribution in [2.45, 2.75) is 13.8 Å². The molecule has 0 spiro atoms. The molecule has 0 N–H and O–H groups in total. The summed E-state index contributed by atoms with van der Waals surface area (Å²) in [6.45, 7) is 11.3. The maximum Gasteiger partial charge on any atom is 0.00186 e. The summed E-state index contributed by atoms with van der Waals surface area (Å²) in [5, 5.41) is 0. The second kappa shape index (κ2) is 3.29. The Morgan fingerprint density at radius 3 is 2.38 bits per heavy atom. The summed E-state index contributed by atoms with van der Waals surface area (Å²) in [4.78, 5) is 0. The summed E-state index contributed by atoms with van der Waals surface area (Å²) in [5.74, 6) is 0.424. The van der Waals surface area contributed by atoms with Crippen LogP contribution in [0, 0.1) is 5.92 Å². The normalized spacial score (nSPS) is 11.8. The Kier molecular flexibility index (Phi) is 2.98. The highest BCUT2D eigenvalue weighted by atomic mass is 14.0. The zero-order valence-electron chi connectivity index (χ0n) is 5.57. The van der Waals surface area contributed by atoms with E-state index in [2.05, 4.69) is 25.8 Å². The predicted molar refractivity (Wildman–Crippen MR) is 37.7 cm³/mol. The third-order valence-corrected chi connectivity index (χ3v) is 1.15. The molecule has 0 aliphatic heterocycles. The lowest BCUT2D eigenvalue weighted by Gasteiger charge is -1.99. The van der Waals surface area contributed by atoms with Crippen molar-refractivity contribution in [3.05, 3.63) is 30.5 Å². The van der Waals surface area contributed by atoms with Crippen molar-refractivity contribution in [1.82, 2.24) is 0 Å². The molecule has 1 atom stereocenters. The molecule has 0 nitrogen and oxygen atoms in total. The maximum atomic E-state index is 3.77. The first kappa shape index (κ1) is 7.26. The second-order valence-corrected chi connectivity index (χ2v) is 2.01. The van der Waals surface area contributed by atoms with Crippen LogP contribution in [-0.4, -0.2) is 0 Å². The van der Waals surface area contributed by atoms with E-state index in [0.717, 1.165) is 5.57 Å². The largest absolute Gasteiger partial charge is 0.132 e. The van der Waals surface area contributed by atoms with Crippen molar-refractivity contribution in [1.29, 1.82) is 0 Å². The van der Waals surface area contributed by atoms with Crippen molar-refractivity contribution >= 4 is 0 Å². The quantitative estimate of drug-likeness (QED) is 0.376. The van der Waals surface area contributed by atoms with E-state index in [-0.39, 0.29) is 0 Å². The molecule has 0 rings (SSSR count). The van der Waals surface area contributed by atoms with Gasteiger partial charge < -0.3 is 0 Å². The number of rotatable bonds is 2. The van der Waals surface area contributed by atoms with Gasteiger partial charge in [0.1, 0.15) is 0 Å². The third-order valence-electron chi connectivity index (χ3n) is 1.15. The van der Waals surface area contributed by atoms with Gasteiger partial charge in [-0.15, -0.1) is 5.73 Å². The molecule has 0 amide bonds. The number of hydrogen-bond donors (Lipinski definition) is 0. The molecule has 0 aromatic rings. The van der Waals surface area contributed by atoms with Gasteiger partial charge in [-0.1, -0.05) is 25.7 Å². The van der Waals surface area contributed by atoms with E-state index in [1.54, 1.807) is 0 Å². The highest BCUT2D eigenvalue weighted by Gasteiger charge is 1.92. The van der Waals surface area contributed by atoms with E-state index in [1.807, 2.05) is 13.0 Å². The van der Waals surface area contributed by atoms with Gasteiger partial charge in [-0.05, 0) is 13.0 Å². The smallest absolute Gasteiger partial charge is 0.00186 e. The SMILES string of the molecule is C=C=CC(C)C(=C)C. The molecule has 0 aliphatic rings. The molecule has 1 unspecified atom stereocenters. The molecule has 0 fully saturated rings. The molecule has 0 radical (unpaired) electrons. The van der Waals surface area contributed by atoms with Crippen LogP contribution in [0.5, 0.6) is 0 Å². The highest BCUT2D eigenvalue weighted by molar-refractivity contribution is 5.03. The van der Waals surface area contributed by atoms with Crippen LogP contribution in [0.3, 0.4) is 0 Å². The summed E-state index contributed by atoms with van der Waals surface area (Å²) in [5.41, 5.74) is 3.87. The molecule has 44 valence electrons. The van der Waals surface area contributed by atoms with Gasteiger partial charge in [0.2, 0.25) is 0 Å². The number of allylic oxidation sites excluding steroid dienone is 2. The molecule has 0 bridgehead atoms. The molecule has 0 aliphatic carbocycles. The zero-order valence-corrected chi connectivity index (χ0v) is 5.57. The Morgan fingerprint density at radius 1 is 1.75 bits per heavy atom. The lowest BCUT2D eigenvalue weighted by Crippen LogP contribution is -1.86. The minimum Gasteiger partial charge on any atom is -0.132 e. The fourth-order valence-electron chi connectivity index (χ4n) is 0.319. The van der Waals surface area contributed by atoms with Gasteiger partial charge in [0.05, 0.1) is 0 Å². The number of hydrogen-bond acceptors (Lipinski definition) is 0. The summed E-state index contributed by atoms with van der Waals surface area (Å²) >= 11 is 0. The first-order valence-corrected chi connectivity index (χ1v) is 2.70. The Bertz CT molecular complexity index is 123. The second-order valence-electron chi connectivity index (χ2n) is 2.01. The minimum absolute atomic E-state index is 0.424. The van der Waals surface area contributed by atoms with Crippen LogP contribution >= 0.6 is 0 Å². The average Bonchev–Trinajstić information content (AvgIpc) is 1.67. The van der Waals surface area contributed by atoms with E-state index >= 15 is 0 Å². The fraction of sp³-hybridized carbons (Fsp3) is 0.375. The van der Waals surface area contributed by atoms with Gasteiger partial charge in [0, 0.05) is 5.92 Å². The first-order valence-electron chi connectivity index (χ1n) is 2.70. The first-order chi connectivity index (χ1) is 3.68. The van der Waals surface area contributed by atoms with E-state index < -0.39 is 0 Å². The molecule has 0 saturated carbocycles. The molecule has 0 aromatic heterocycles. The minimum atomic E-state index is 0.424. The predicted octanol–water partition coefficient (Wildman–Crippen LogP) is 2.54. The topological polar surface area (TPSA) is 0 Å². The van der Waals surface area contributed by atoms with Gasteiger partial charge in [-0.25, -0.2) is 0 Å². The Hall–Kier alpha value is -0.740. The molecule has 8 heavy (non-hydrogen) atoms. The van der Waals surface area contributed by atoms with Crippen molar-refractivity contribution in [2.24, 2.45) is 5.92 Å². The van der Waals surface area contributed by atoms with E-state index in [1.165, 1.54) is 0 Å². The molecule has 0 heteroatoms. The van der Waals surface area contributed by atoms with Gasteiger partial charge in [-0.2, -0.15) is 0 Å². The third kappa shape index (κ3) is 2.44. The maximum absolute atomic E-state index is 3.77. The van der Waals surface area contributed by atoms with E-state index in [4.69, 9.17) is 0 Å². The molecule has 0 heterocycles. The Balaban J connectivity index is 3.82. The monoisotopic (exact) mass is 108 g/mol. The molecular formula is C8H12. The van der Waals surface area contributed by atoms with Crippen LogP contribution in [-0.2, 0) is 0 Å². The summed E-state index contributed by atoms with van der Waals surface area (Å²) in [7, 11) is 0. The van der Waals surface area contributed by atoms with Crippen LogP contribution in [0.25, 0.3) is 0 Å². The van der Waals surface area contributed by atoms with Crippen molar-refractivity contribution in [3.8, 4) is 0 Å². The standard InChI is InChI=1S/C8H12/c1-5-6-8(4)7(2)3/h6,8H,1-2H2,3-4H3. The average molecular weight is 108 g/mol. The molecule has 0 saturated heterocycles. The highest BCUT2D eigenvalue weighted by Crippen LogP contribution is 2.06. The Morgan fingerprint density at radius 2 is 2.25 bits per heavy atom.